The number of rotatable bonds is 11. The maximum Gasteiger partial charge on any atom is 0.407 e. The molecule has 1 saturated carbocycles. The van der Waals surface area contributed by atoms with Crippen molar-refractivity contribution in [3.63, 3.8) is 0 Å². The molecule has 4 aliphatic rings. The number of likely N-dealkylation sites (tertiary alicyclic amines) is 1. The molecule has 0 bridgehead atoms. The molecule has 14 heteroatoms. The second-order valence-corrected chi connectivity index (χ2v) is 19.2. The maximum absolute atomic E-state index is 14.0. The van der Waals surface area contributed by atoms with Crippen LogP contribution in [0.15, 0.2) is 103 Å². The van der Waals surface area contributed by atoms with Crippen LogP contribution in [0.25, 0.3) is 44.5 Å². The molecule has 14 nitrogen and oxygen atoms in total. The van der Waals surface area contributed by atoms with Gasteiger partial charge < -0.3 is 39.9 Å². The topological polar surface area (TPSA) is 175 Å². The number of aromatic nitrogens is 4. The number of methoxy groups -OCH3 is 2. The van der Waals surface area contributed by atoms with Gasteiger partial charge in [0.15, 0.2) is 0 Å². The number of carbonyl (C=O) groups excluding carboxylic acids is 4. The zero-order valence-corrected chi connectivity index (χ0v) is 39.0. The number of amides is 4. The van der Waals surface area contributed by atoms with E-state index in [4.69, 9.17) is 19.4 Å². The maximum atomic E-state index is 14.0. The van der Waals surface area contributed by atoms with Gasteiger partial charge in [-0.3, -0.25) is 9.59 Å². The molecule has 4 heterocycles. The minimum atomic E-state index is -0.919. The predicted octanol–water partition coefficient (Wildman–Crippen LogP) is 9.53. The van der Waals surface area contributed by atoms with E-state index in [-0.39, 0.29) is 29.2 Å². The molecule has 2 aliphatic carbocycles. The van der Waals surface area contributed by atoms with E-state index in [0.29, 0.717) is 24.5 Å². The van der Waals surface area contributed by atoms with Gasteiger partial charge in [-0.1, -0.05) is 112 Å². The highest BCUT2D eigenvalue weighted by Crippen LogP contribution is 2.53. The Hall–Kier alpha value is -7.22. The molecule has 1 spiro atoms. The van der Waals surface area contributed by atoms with Gasteiger partial charge in [-0.05, 0) is 106 Å². The third-order valence-electron chi connectivity index (χ3n) is 14.7. The monoisotopic (exact) mass is 914 g/mol. The number of imidazole rings is 2. The Balaban J connectivity index is 0.898. The van der Waals surface area contributed by atoms with Crippen LogP contribution in [-0.2, 0) is 31.9 Å². The summed E-state index contributed by atoms with van der Waals surface area (Å²) < 4.78 is 9.69. The Bertz CT molecular complexity index is 2900. The molecule has 2 aromatic heterocycles. The van der Waals surface area contributed by atoms with Gasteiger partial charge in [0.2, 0.25) is 5.91 Å². The smallest absolute Gasteiger partial charge is 0.407 e. The largest absolute Gasteiger partial charge is 0.453 e. The second-order valence-electron chi connectivity index (χ2n) is 19.2. The molecule has 0 radical (unpaired) electrons. The van der Waals surface area contributed by atoms with Crippen LogP contribution in [0.1, 0.15) is 98.8 Å². The number of fused-ring (bicyclic) bond motifs is 2. The molecule has 4 N–H and O–H groups in total. The fraction of sp³-hybridized carbons (Fsp3) is 0.370. The van der Waals surface area contributed by atoms with Crippen LogP contribution in [0, 0.1) is 11.3 Å². The van der Waals surface area contributed by atoms with E-state index in [2.05, 4.69) is 75.2 Å². The van der Waals surface area contributed by atoms with Crippen molar-refractivity contribution in [2.24, 2.45) is 11.3 Å². The third kappa shape index (κ3) is 8.41. The summed E-state index contributed by atoms with van der Waals surface area (Å²) in [6.07, 6.45) is 13.2. The summed E-state index contributed by atoms with van der Waals surface area (Å²) in [5.74, 6) is 0.900. The summed E-state index contributed by atoms with van der Waals surface area (Å²) in [7, 11) is 2.59. The van der Waals surface area contributed by atoms with Gasteiger partial charge in [0.05, 0.1) is 43.2 Å². The molecule has 1 unspecified atom stereocenters. The van der Waals surface area contributed by atoms with Crippen LogP contribution >= 0.6 is 0 Å². The van der Waals surface area contributed by atoms with E-state index in [1.807, 2.05) is 67.4 Å². The van der Waals surface area contributed by atoms with Gasteiger partial charge in [0.25, 0.3) is 5.91 Å². The fourth-order valence-electron chi connectivity index (χ4n) is 11.2. The van der Waals surface area contributed by atoms with E-state index >= 15 is 0 Å². The summed E-state index contributed by atoms with van der Waals surface area (Å²) in [5, 5.41) is 5.46. The molecule has 6 aromatic rings. The Morgan fingerprint density at radius 3 is 2.13 bits per heavy atom. The van der Waals surface area contributed by atoms with Gasteiger partial charge in [0.1, 0.15) is 29.8 Å². The molecule has 1 saturated heterocycles. The molecule has 350 valence electrons. The molecule has 2 fully saturated rings. The number of aromatic amines is 2. The molecule has 4 aromatic carbocycles. The summed E-state index contributed by atoms with van der Waals surface area (Å²) in [5.41, 5.74) is 12.2. The first-order chi connectivity index (χ1) is 33.0. The summed E-state index contributed by atoms with van der Waals surface area (Å²) >= 11 is 0. The number of alkyl carbamates (subject to hydrolysis) is 2. The van der Waals surface area contributed by atoms with Gasteiger partial charge in [-0.2, -0.15) is 0 Å². The van der Waals surface area contributed by atoms with Crippen LogP contribution < -0.4 is 10.6 Å². The lowest BCUT2D eigenvalue weighted by Crippen LogP contribution is -2.51. The Morgan fingerprint density at radius 2 is 1.43 bits per heavy atom. The summed E-state index contributed by atoms with van der Waals surface area (Å²) in [6.45, 7) is 4.82. The average molecular weight is 915 g/mol. The number of hydrogen-bond acceptors (Lipinski definition) is 8. The quantitative estimate of drug-likeness (QED) is 0.0930. The number of nitrogens with zero attached hydrogens (tertiary/aromatic N) is 4. The predicted molar refractivity (Wildman–Crippen MR) is 259 cm³/mol. The van der Waals surface area contributed by atoms with Crippen LogP contribution in [0.2, 0.25) is 0 Å². The summed E-state index contributed by atoms with van der Waals surface area (Å²) in [4.78, 5) is 72.7. The first-order valence-corrected chi connectivity index (χ1v) is 23.8. The van der Waals surface area contributed by atoms with Crippen LogP contribution in [0.4, 0.5) is 9.59 Å². The van der Waals surface area contributed by atoms with Crippen molar-refractivity contribution >= 4 is 35.0 Å². The number of nitrogens with one attached hydrogen (secondary N) is 4. The zero-order chi connectivity index (χ0) is 47.1. The Morgan fingerprint density at radius 1 is 0.750 bits per heavy atom. The van der Waals surface area contributed by atoms with Gasteiger partial charge in [-0.25, -0.2) is 19.6 Å². The number of H-pyrrole nitrogens is 2. The van der Waals surface area contributed by atoms with E-state index in [9.17, 15) is 19.2 Å². The minimum Gasteiger partial charge on any atom is -0.453 e. The number of carbonyl (C=O) groups is 4. The zero-order valence-electron chi connectivity index (χ0n) is 39.0. The lowest BCUT2D eigenvalue weighted by Gasteiger charge is -2.29. The fourth-order valence-corrected chi connectivity index (χ4v) is 11.2. The van der Waals surface area contributed by atoms with E-state index in [1.54, 1.807) is 4.90 Å². The molecule has 68 heavy (non-hydrogen) atoms. The molecule has 4 atom stereocenters. The highest BCUT2D eigenvalue weighted by molar-refractivity contribution is 5.89. The van der Waals surface area contributed by atoms with Crippen molar-refractivity contribution < 1.29 is 28.7 Å². The van der Waals surface area contributed by atoms with Gasteiger partial charge >= 0.3 is 12.2 Å². The minimum absolute atomic E-state index is 0.110. The normalized spacial score (nSPS) is 19.1. The highest BCUT2D eigenvalue weighted by atomic mass is 16.5. The third-order valence-corrected chi connectivity index (χ3v) is 14.7. The number of hydrogen-bond donors (Lipinski definition) is 4. The van der Waals surface area contributed by atoms with Crippen molar-refractivity contribution in [1.82, 2.24) is 40.4 Å². The van der Waals surface area contributed by atoms with Gasteiger partial charge in [0, 0.05) is 13.1 Å². The van der Waals surface area contributed by atoms with Crippen LogP contribution in [-0.4, -0.2) is 87.1 Å². The first-order valence-electron chi connectivity index (χ1n) is 23.8. The van der Waals surface area contributed by atoms with Crippen molar-refractivity contribution in [3.05, 3.63) is 132 Å². The molecule has 2 aliphatic heterocycles. The van der Waals surface area contributed by atoms with Crippen molar-refractivity contribution in [3.8, 4) is 33.5 Å². The lowest BCUT2D eigenvalue weighted by molar-refractivity contribution is -0.135. The van der Waals surface area contributed by atoms with Crippen molar-refractivity contribution in [1.29, 1.82) is 0 Å². The SMILES string of the molecule is COC(=O)NC(C(=O)N1CCC[C@H]1c1nc2ccc(-c3ccc(-c4ccc(-c5cnc([C@@H]6C=CCN6C(=O)[C@H](NC(=O)OC)c6ccccc6)[nH]5)cc4)c4c3CC3(CCCC3)C4)cc2[nH]1)C(C)C. The van der Waals surface area contributed by atoms with Crippen LogP contribution in [0.5, 0.6) is 0 Å². The Kier molecular flexibility index (Phi) is 12.1. The molecular formula is C54H58N8O6. The molecule has 10 rings (SSSR count). The first kappa shape index (κ1) is 44.6. The number of ether oxygens (including phenoxy) is 2. The lowest BCUT2D eigenvalue weighted by atomic mass is 9.82. The van der Waals surface area contributed by atoms with Crippen molar-refractivity contribution in [2.75, 3.05) is 27.3 Å². The van der Waals surface area contributed by atoms with Gasteiger partial charge in [-0.15, -0.1) is 0 Å². The van der Waals surface area contributed by atoms with Crippen LogP contribution in [0.3, 0.4) is 0 Å². The van der Waals surface area contributed by atoms with E-state index in [0.717, 1.165) is 64.9 Å². The standard InChI is InChI=1S/C54H58N8O6/c1-32(2)46(59-52(65)67-3)50(63)62-27-11-15-45(62)49-56-41-23-20-36(28-42(41)57-49)38-22-21-37(39-29-54(30-40(38)39)24-8-9-25-54)33-16-18-34(19-17-33)43-31-55-48(58-43)44-14-10-26-61(44)51(64)47(60-53(66)68-4)35-12-6-5-7-13-35/h5-7,10,12-14,16-23,28,31-32,44-47H,8-9,11,15,24-27,29-30H2,1-4H3,(H,55,58)(H,56,57)(H,59,65)(H,60,66)/t44-,45-,46?,47+/m0/s1. The Labute approximate surface area is 395 Å². The van der Waals surface area contributed by atoms with E-state index < -0.39 is 30.3 Å². The number of benzene rings is 4. The second kappa shape index (κ2) is 18.5. The summed E-state index contributed by atoms with van der Waals surface area (Å²) in [6, 6.07) is 26.6. The molecular weight excluding hydrogens is 857 g/mol. The van der Waals surface area contributed by atoms with Crippen molar-refractivity contribution in [2.45, 2.75) is 89.4 Å². The van der Waals surface area contributed by atoms with E-state index in [1.165, 1.54) is 62.2 Å². The average Bonchev–Trinajstić information content (AvgIpc) is 4.23. The highest BCUT2D eigenvalue weighted by Gasteiger charge is 2.42. The molecule has 4 amide bonds.